The van der Waals surface area contributed by atoms with E-state index in [1.54, 1.807) is 23.1 Å². The predicted molar refractivity (Wildman–Crippen MR) is 73.0 cm³/mol. The molecule has 0 aliphatic rings. The van der Waals surface area contributed by atoms with Crippen LogP contribution in [0.3, 0.4) is 0 Å². The number of carbonyl (C=O) groups is 1. The number of hydrogen-bond donors (Lipinski definition) is 1. The minimum atomic E-state index is -1.22. The standard InChI is InChI=1S/C14H15F2N3O2/c1-9(8-19-7-3-6-17-19)18-11-5-4-10(14(20)21-2)12(15)13(11)16/h3-7,9,18H,8H2,1-2H3. The van der Waals surface area contributed by atoms with E-state index in [9.17, 15) is 13.6 Å². The second-order valence-electron chi connectivity index (χ2n) is 4.55. The van der Waals surface area contributed by atoms with Crippen LogP contribution in [0, 0.1) is 11.6 Å². The number of anilines is 1. The molecule has 1 heterocycles. The van der Waals surface area contributed by atoms with Crippen molar-refractivity contribution in [2.24, 2.45) is 0 Å². The predicted octanol–water partition coefficient (Wildman–Crippen LogP) is 2.45. The van der Waals surface area contributed by atoms with E-state index in [1.807, 2.05) is 6.92 Å². The number of carbonyl (C=O) groups excluding carboxylic acids is 1. The highest BCUT2D eigenvalue weighted by Crippen LogP contribution is 2.22. The van der Waals surface area contributed by atoms with Crippen molar-refractivity contribution in [3.63, 3.8) is 0 Å². The average molecular weight is 295 g/mol. The lowest BCUT2D eigenvalue weighted by molar-refractivity contribution is 0.0594. The van der Waals surface area contributed by atoms with E-state index >= 15 is 0 Å². The fourth-order valence-electron chi connectivity index (χ4n) is 1.93. The molecule has 21 heavy (non-hydrogen) atoms. The van der Waals surface area contributed by atoms with Crippen molar-refractivity contribution in [3.8, 4) is 0 Å². The van der Waals surface area contributed by atoms with Gasteiger partial charge >= 0.3 is 5.97 Å². The zero-order valence-electron chi connectivity index (χ0n) is 11.6. The van der Waals surface area contributed by atoms with Gasteiger partial charge in [-0.3, -0.25) is 4.68 Å². The maximum Gasteiger partial charge on any atom is 0.340 e. The molecule has 1 aromatic carbocycles. The molecule has 112 valence electrons. The number of aromatic nitrogens is 2. The lowest BCUT2D eigenvalue weighted by Crippen LogP contribution is -2.23. The van der Waals surface area contributed by atoms with Gasteiger partial charge in [-0.2, -0.15) is 5.10 Å². The van der Waals surface area contributed by atoms with Crippen molar-refractivity contribution in [3.05, 3.63) is 47.8 Å². The Labute approximate surface area is 120 Å². The number of methoxy groups -OCH3 is 1. The summed E-state index contributed by atoms with van der Waals surface area (Å²) in [6, 6.07) is 4.10. The van der Waals surface area contributed by atoms with Gasteiger partial charge in [0.2, 0.25) is 0 Å². The van der Waals surface area contributed by atoms with Crippen molar-refractivity contribution in [1.82, 2.24) is 9.78 Å². The number of halogens is 2. The molecule has 1 unspecified atom stereocenters. The summed E-state index contributed by atoms with van der Waals surface area (Å²) >= 11 is 0. The zero-order chi connectivity index (χ0) is 15.4. The Bertz CT molecular complexity index is 629. The molecule has 1 aromatic heterocycles. The van der Waals surface area contributed by atoms with Crippen LogP contribution in [0.25, 0.3) is 0 Å². The maximum absolute atomic E-state index is 13.9. The van der Waals surface area contributed by atoms with Gasteiger partial charge in [0.1, 0.15) is 0 Å². The quantitative estimate of drug-likeness (QED) is 0.861. The van der Waals surface area contributed by atoms with E-state index in [4.69, 9.17) is 0 Å². The van der Waals surface area contributed by atoms with Gasteiger partial charge in [0.15, 0.2) is 11.6 Å². The molecular weight excluding hydrogens is 280 g/mol. The highest BCUT2D eigenvalue weighted by atomic mass is 19.2. The number of nitrogens with zero attached hydrogens (tertiary/aromatic N) is 2. The van der Waals surface area contributed by atoms with E-state index in [1.165, 1.54) is 12.1 Å². The Balaban J connectivity index is 2.13. The van der Waals surface area contributed by atoms with Gasteiger partial charge in [-0.25, -0.2) is 13.6 Å². The van der Waals surface area contributed by atoms with Crippen molar-refractivity contribution in [1.29, 1.82) is 0 Å². The normalized spacial score (nSPS) is 12.0. The molecule has 1 N–H and O–H groups in total. The van der Waals surface area contributed by atoms with Gasteiger partial charge in [0.05, 0.1) is 24.9 Å². The summed E-state index contributed by atoms with van der Waals surface area (Å²) in [5.41, 5.74) is -0.444. The van der Waals surface area contributed by atoms with Crippen LogP contribution >= 0.6 is 0 Å². The molecule has 0 spiro atoms. The first-order chi connectivity index (χ1) is 10.0. The zero-order valence-corrected chi connectivity index (χ0v) is 11.6. The monoisotopic (exact) mass is 295 g/mol. The fourth-order valence-corrected chi connectivity index (χ4v) is 1.93. The summed E-state index contributed by atoms with van der Waals surface area (Å²) < 4.78 is 33.8. The number of esters is 1. The molecule has 0 aliphatic heterocycles. The maximum atomic E-state index is 13.9. The van der Waals surface area contributed by atoms with Crippen molar-refractivity contribution in [2.45, 2.75) is 19.5 Å². The Kier molecular flexibility index (Phi) is 4.52. The van der Waals surface area contributed by atoms with E-state index in [2.05, 4.69) is 15.2 Å². The molecule has 0 saturated heterocycles. The molecule has 2 aromatic rings. The molecule has 1 atom stereocenters. The third-order valence-corrected chi connectivity index (χ3v) is 2.91. The van der Waals surface area contributed by atoms with Crippen LogP contribution in [-0.2, 0) is 11.3 Å². The molecule has 0 radical (unpaired) electrons. The van der Waals surface area contributed by atoms with E-state index < -0.39 is 23.2 Å². The van der Waals surface area contributed by atoms with Crippen LogP contribution in [0.5, 0.6) is 0 Å². The van der Waals surface area contributed by atoms with Gasteiger partial charge in [-0.15, -0.1) is 0 Å². The first-order valence-corrected chi connectivity index (χ1v) is 6.33. The Morgan fingerprint density at radius 1 is 1.43 bits per heavy atom. The second-order valence-corrected chi connectivity index (χ2v) is 4.55. The largest absolute Gasteiger partial charge is 0.465 e. The minimum absolute atomic E-state index is 0.0141. The second kappa shape index (κ2) is 6.34. The van der Waals surface area contributed by atoms with Gasteiger partial charge in [0, 0.05) is 18.4 Å². The average Bonchev–Trinajstić information content (AvgIpc) is 2.96. The van der Waals surface area contributed by atoms with Crippen LogP contribution < -0.4 is 5.32 Å². The van der Waals surface area contributed by atoms with Crippen molar-refractivity contribution >= 4 is 11.7 Å². The van der Waals surface area contributed by atoms with E-state index in [0.717, 1.165) is 7.11 Å². The highest BCUT2D eigenvalue weighted by Gasteiger charge is 2.19. The van der Waals surface area contributed by atoms with Crippen LogP contribution in [0.1, 0.15) is 17.3 Å². The molecule has 0 aliphatic carbocycles. The summed E-state index contributed by atoms with van der Waals surface area (Å²) in [6.07, 6.45) is 3.41. The van der Waals surface area contributed by atoms with Gasteiger partial charge in [0.25, 0.3) is 0 Å². The molecule has 0 bridgehead atoms. The Morgan fingerprint density at radius 2 is 2.19 bits per heavy atom. The molecule has 7 heteroatoms. The summed E-state index contributed by atoms with van der Waals surface area (Å²) in [6.45, 7) is 2.31. The number of rotatable bonds is 5. The summed E-state index contributed by atoms with van der Waals surface area (Å²) in [7, 11) is 1.11. The first kappa shape index (κ1) is 15.0. The lowest BCUT2D eigenvalue weighted by atomic mass is 10.1. The van der Waals surface area contributed by atoms with Crippen LogP contribution in [0.15, 0.2) is 30.6 Å². The molecule has 0 saturated carbocycles. The van der Waals surface area contributed by atoms with Crippen LogP contribution in [0.2, 0.25) is 0 Å². The molecular formula is C14H15F2N3O2. The van der Waals surface area contributed by atoms with Crippen LogP contribution in [-0.4, -0.2) is 28.9 Å². The summed E-state index contributed by atoms with van der Waals surface area (Å²) in [4.78, 5) is 11.3. The summed E-state index contributed by atoms with van der Waals surface area (Å²) in [5, 5.41) is 6.88. The Morgan fingerprint density at radius 3 is 2.81 bits per heavy atom. The molecule has 2 rings (SSSR count). The van der Waals surface area contributed by atoms with Crippen molar-refractivity contribution in [2.75, 3.05) is 12.4 Å². The fraction of sp³-hybridized carbons (Fsp3) is 0.286. The first-order valence-electron chi connectivity index (χ1n) is 6.33. The van der Waals surface area contributed by atoms with Gasteiger partial charge in [-0.05, 0) is 25.1 Å². The van der Waals surface area contributed by atoms with Crippen molar-refractivity contribution < 1.29 is 18.3 Å². The lowest BCUT2D eigenvalue weighted by Gasteiger charge is -2.16. The molecule has 5 nitrogen and oxygen atoms in total. The third kappa shape index (κ3) is 3.36. The topological polar surface area (TPSA) is 56.1 Å². The van der Waals surface area contributed by atoms with E-state index in [-0.39, 0.29) is 11.7 Å². The van der Waals surface area contributed by atoms with Gasteiger partial charge in [-0.1, -0.05) is 0 Å². The number of ether oxygens (including phenoxy) is 1. The van der Waals surface area contributed by atoms with Gasteiger partial charge < -0.3 is 10.1 Å². The number of benzene rings is 1. The summed E-state index contributed by atoms with van der Waals surface area (Å²) in [5.74, 6) is -3.24. The SMILES string of the molecule is COC(=O)c1ccc(NC(C)Cn2cccn2)c(F)c1F. The highest BCUT2D eigenvalue weighted by molar-refractivity contribution is 5.90. The molecule has 0 fully saturated rings. The third-order valence-electron chi connectivity index (χ3n) is 2.91. The smallest absolute Gasteiger partial charge is 0.340 e. The van der Waals surface area contributed by atoms with Crippen LogP contribution in [0.4, 0.5) is 14.5 Å². The number of hydrogen-bond acceptors (Lipinski definition) is 4. The minimum Gasteiger partial charge on any atom is -0.465 e. The molecule has 0 amide bonds. The van der Waals surface area contributed by atoms with E-state index in [0.29, 0.717) is 6.54 Å². The Hall–Kier alpha value is -2.44. The number of nitrogens with one attached hydrogen (secondary N) is 1.